The first-order chi connectivity index (χ1) is 7.82. The van der Waals surface area contributed by atoms with E-state index in [4.69, 9.17) is 5.11 Å². The second-order valence-corrected chi connectivity index (χ2v) is 7.01. The molecule has 1 saturated carbocycles. The Morgan fingerprint density at radius 1 is 1.29 bits per heavy atom. The number of carboxylic acid groups (broad SMARTS) is 1. The maximum atomic E-state index is 12.0. The van der Waals surface area contributed by atoms with Gasteiger partial charge in [0.2, 0.25) is 5.91 Å². The molecule has 0 radical (unpaired) electrons. The van der Waals surface area contributed by atoms with Crippen LogP contribution in [0.5, 0.6) is 0 Å². The molecule has 1 amide bonds. The SMILES string of the molecule is CC1CS(=O)(=O)CCN1C(=O)[C@@H]1C[C@@H]1C(=O)O. The molecule has 0 aromatic rings. The third kappa shape index (κ3) is 2.43. The van der Waals surface area contributed by atoms with Crippen LogP contribution < -0.4 is 0 Å². The Morgan fingerprint density at radius 3 is 2.41 bits per heavy atom. The fourth-order valence-corrected chi connectivity index (χ4v) is 3.84. The number of carbonyl (C=O) groups excluding carboxylic acids is 1. The highest BCUT2D eigenvalue weighted by molar-refractivity contribution is 7.91. The van der Waals surface area contributed by atoms with Crippen LogP contribution in [0.2, 0.25) is 0 Å². The van der Waals surface area contributed by atoms with Gasteiger partial charge in [0.1, 0.15) is 0 Å². The molecule has 2 fully saturated rings. The van der Waals surface area contributed by atoms with Crippen molar-refractivity contribution in [2.75, 3.05) is 18.1 Å². The van der Waals surface area contributed by atoms with Gasteiger partial charge >= 0.3 is 5.97 Å². The molecular weight excluding hydrogens is 246 g/mol. The Morgan fingerprint density at radius 2 is 1.94 bits per heavy atom. The topological polar surface area (TPSA) is 91.8 Å². The Bertz CT molecular complexity index is 457. The van der Waals surface area contributed by atoms with Gasteiger partial charge in [-0.1, -0.05) is 0 Å². The summed E-state index contributed by atoms with van der Waals surface area (Å²) >= 11 is 0. The number of hydrogen-bond acceptors (Lipinski definition) is 4. The van der Waals surface area contributed by atoms with Crippen LogP contribution in [0, 0.1) is 11.8 Å². The van der Waals surface area contributed by atoms with Gasteiger partial charge < -0.3 is 10.0 Å². The summed E-state index contributed by atoms with van der Waals surface area (Å²) in [6, 6.07) is -0.351. The number of carbonyl (C=O) groups is 2. The molecule has 2 aliphatic rings. The van der Waals surface area contributed by atoms with E-state index in [1.165, 1.54) is 4.90 Å². The molecule has 0 aromatic heterocycles. The molecule has 96 valence electrons. The summed E-state index contributed by atoms with van der Waals surface area (Å²) in [5.74, 6) is -2.22. The van der Waals surface area contributed by atoms with Gasteiger partial charge in [-0.05, 0) is 13.3 Å². The molecule has 1 aliphatic carbocycles. The van der Waals surface area contributed by atoms with E-state index in [-0.39, 0.29) is 30.0 Å². The number of aliphatic carboxylic acids is 1. The van der Waals surface area contributed by atoms with Crippen LogP contribution >= 0.6 is 0 Å². The lowest BCUT2D eigenvalue weighted by Gasteiger charge is -2.33. The number of sulfone groups is 1. The van der Waals surface area contributed by atoms with Gasteiger partial charge in [-0.3, -0.25) is 9.59 Å². The van der Waals surface area contributed by atoms with Crippen molar-refractivity contribution in [3.63, 3.8) is 0 Å². The van der Waals surface area contributed by atoms with Gasteiger partial charge in [0, 0.05) is 12.6 Å². The first kappa shape index (κ1) is 12.3. The number of amides is 1. The van der Waals surface area contributed by atoms with Crippen LogP contribution in [-0.2, 0) is 19.4 Å². The summed E-state index contributed by atoms with van der Waals surface area (Å²) in [7, 11) is -3.04. The summed E-state index contributed by atoms with van der Waals surface area (Å²) < 4.78 is 22.7. The second-order valence-electron chi connectivity index (χ2n) is 4.78. The highest BCUT2D eigenvalue weighted by Gasteiger charge is 2.51. The van der Waals surface area contributed by atoms with E-state index in [1.54, 1.807) is 6.92 Å². The van der Waals surface area contributed by atoms with E-state index in [0.717, 1.165) is 0 Å². The molecule has 1 N–H and O–H groups in total. The minimum Gasteiger partial charge on any atom is -0.481 e. The molecule has 6 nitrogen and oxygen atoms in total. The van der Waals surface area contributed by atoms with Crippen molar-refractivity contribution < 1.29 is 23.1 Å². The predicted octanol–water partition coefficient (Wildman–Crippen LogP) is -0.647. The average molecular weight is 261 g/mol. The van der Waals surface area contributed by atoms with Crippen LogP contribution in [0.25, 0.3) is 0 Å². The quantitative estimate of drug-likeness (QED) is 0.713. The second kappa shape index (κ2) is 3.97. The third-order valence-corrected chi connectivity index (χ3v) is 5.17. The minimum absolute atomic E-state index is 0.0203. The molecule has 0 aromatic carbocycles. The molecule has 0 spiro atoms. The van der Waals surface area contributed by atoms with Gasteiger partial charge in [0.05, 0.1) is 23.3 Å². The zero-order valence-electron chi connectivity index (χ0n) is 9.50. The molecule has 3 atom stereocenters. The largest absolute Gasteiger partial charge is 0.481 e. The van der Waals surface area contributed by atoms with Crippen molar-refractivity contribution in [3.8, 4) is 0 Å². The van der Waals surface area contributed by atoms with E-state index in [0.29, 0.717) is 6.42 Å². The lowest BCUT2D eigenvalue weighted by atomic mass is 10.2. The average Bonchev–Trinajstić information content (AvgIpc) is 2.94. The van der Waals surface area contributed by atoms with Crippen molar-refractivity contribution in [2.45, 2.75) is 19.4 Å². The van der Waals surface area contributed by atoms with E-state index in [9.17, 15) is 18.0 Å². The first-order valence-corrected chi connectivity index (χ1v) is 7.37. The van der Waals surface area contributed by atoms with Crippen molar-refractivity contribution in [1.29, 1.82) is 0 Å². The van der Waals surface area contributed by atoms with E-state index in [2.05, 4.69) is 0 Å². The van der Waals surface area contributed by atoms with Gasteiger partial charge in [-0.25, -0.2) is 8.42 Å². The van der Waals surface area contributed by atoms with E-state index < -0.39 is 27.6 Å². The molecule has 0 bridgehead atoms. The molecule has 1 unspecified atom stereocenters. The molecule has 1 aliphatic heterocycles. The zero-order chi connectivity index (χ0) is 12.8. The number of rotatable bonds is 2. The number of carboxylic acids is 1. The Balaban J connectivity index is 2.00. The third-order valence-electron chi connectivity index (χ3n) is 3.38. The van der Waals surface area contributed by atoms with Crippen LogP contribution in [0.1, 0.15) is 13.3 Å². The number of nitrogens with zero attached hydrogens (tertiary/aromatic N) is 1. The van der Waals surface area contributed by atoms with Crippen LogP contribution in [-0.4, -0.2) is 54.4 Å². The monoisotopic (exact) mass is 261 g/mol. The molecule has 17 heavy (non-hydrogen) atoms. The molecular formula is C10H15NO5S. The van der Waals surface area contributed by atoms with Gasteiger partial charge in [-0.15, -0.1) is 0 Å². The predicted molar refractivity (Wildman–Crippen MR) is 59.1 cm³/mol. The Hall–Kier alpha value is -1.11. The summed E-state index contributed by atoms with van der Waals surface area (Å²) in [5, 5.41) is 8.75. The van der Waals surface area contributed by atoms with Crippen LogP contribution in [0.15, 0.2) is 0 Å². The standard InChI is InChI=1S/C10H15NO5S/c1-6-5-17(15,16)3-2-11(6)9(12)7-4-8(7)10(13)14/h6-8H,2-5H2,1H3,(H,13,14)/t6?,7-,8+/m1/s1. The van der Waals surface area contributed by atoms with Gasteiger partial charge in [0.15, 0.2) is 9.84 Å². The Labute approximate surface area is 99.5 Å². The summed E-state index contributed by atoms with van der Waals surface area (Å²) in [6.45, 7) is 1.87. The highest BCUT2D eigenvalue weighted by Crippen LogP contribution is 2.40. The normalized spacial score (nSPS) is 35.4. The van der Waals surface area contributed by atoms with Gasteiger partial charge in [-0.2, -0.15) is 0 Å². The van der Waals surface area contributed by atoms with Gasteiger partial charge in [0.25, 0.3) is 0 Å². The number of hydrogen-bond donors (Lipinski definition) is 1. The molecule has 2 rings (SSSR count). The molecule has 7 heteroatoms. The van der Waals surface area contributed by atoms with Crippen molar-refractivity contribution in [1.82, 2.24) is 4.90 Å². The first-order valence-electron chi connectivity index (χ1n) is 5.55. The summed E-state index contributed by atoms with van der Waals surface area (Å²) in [6.07, 6.45) is 0.379. The lowest BCUT2D eigenvalue weighted by molar-refractivity contribution is -0.142. The maximum Gasteiger partial charge on any atom is 0.307 e. The zero-order valence-corrected chi connectivity index (χ0v) is 10.3. The van der Waals surface area contributed by atoms with Crippen LogP contribution in [0.3, 0.4) is 0 Å². The Kier molecular flexibility index (Phi) is 2.89. The minimum atomic E-state index is -3.04. The highest BCUT2D eigenvalue weighted by atomic mass is 32.2. The van der Waals surface area contributed by atoms with Crippen molar-refractivity contribution >= 4 is 21.7 Å². The van der Waals surface area contributed by atoms with Crippen molar-refractivity contribution in [3.05, 3.63) is 0 Å². The summed E-state index contributed by atoms with van der Waals surface area (Å²) in [5.41, 5.74) is 0. The van der Waals surface area contributed by atoms with E-state index >= 15 is 0 Å². The van der Waals surface area contributed by atoms with E-state index in [1.807, 2.05) is 0 Å². The molecule has 1 heterocycles. The summed E-state index contributed by atoms with van der Waals surface area (Å²) in [4.78, 5) is 24.2. The van der Waals surface area contributed by atoms with Crippen LogP contribution in [0.4, 0.5) is 0 Å². The lowest BCUT2D eigenvalue weighted by Crippen LogP contribution is -2.50. The fourth-order valence-electron chi connectivity index (χ4n) is 2.28. The molecule has 1 saturated heterocycles. The maximum absolute atomic E-state index is 12.0. The fraction of sp³-hybridized carbons (Fsp3) is 0.800. The smallest absolute Gasteiger partial charge is 0.307 e. The van der Waals surface area contributed by atoms with Crippen molar-refractivity contribution in [2.24, 2.45) is 11.8 Å².